The van der Waals surface area contributed by atoms with Gasteiger partial charge in [0.1, 0.15) is 11.5 Å². The molecule has 0 spiro atoms. The average Bonchev–Trinajstić information content (AvgIpc) is 3.31. The molecule has 2 aromatic carbocycles. The summed E-state index contributed by atoms with van der Waals surface area (Å²) >= 11 is 0. The number of aromatic nitrogens is 4. The van der Waals surface area contributed by atoms with Crippen LogP contribution in [0.5, 0.6) is 11.5 Å². The van der Waals surface area contributed by atoms with Gasteiger partial charge >= 0.3 is 0 Å². The van der Waals surface area contributed by atoms with Gasteiger partial charge in [0.05, 0.1) is 32.5 Å². The average molecular weight is 437 g/mol. The molecule has 1 aromatic heterocycles. The first-order chi connectivity index (χ1) is 15.7. The molecule has 2 heterocycles. The highest BCUT2D eigenvalue weighted by molar-refractivity contribution is 5.58. The predicted octanol–water partition coefficient (Wildman–Crippen LogP) is 3.40. The summed E-state index contributed by atoms with van der Waals surface area (Å²) in [6, 6.07) is 16.5. The maximum absolute atomic E-state index is 5.56. The fraction of sp³-hybridized carbons (Fsp3) is 0.458. The number of benzene rings is 2. The minimum atomic E-state index is 0.202. The third-order valence-electron chi connectivity index (χ3n) is 6.09. The zero-order valence-corrected chi connectivity index (χ0v) is 19.1. The first-order valence-electron chi connectivity index (χ1n) is 11.2. The molecule has 0 saturated carbocycles. The lowest BCUT2D eigenvalue weighted by Crippen LogP contribution is -2.48. The van der Waals surface area contributed by atoms with Gasteiger partial charge in [0.2, 0.25) is 0 Å². The Bertz CT molecular complexity index is 982. The fourth-order valence-electron chi connectivity index (χ4n) is 4.38. The molecule has 3 aromatic rings. The van der Waals surface area contributed by atoms with Gasteiger partial charge in [-0.25, -0.2) is 4.68 Å². The van der Waals surface area contributed by atoms with Crippen LogP contribution < -0.4 is 14.4 Å². The van der Waals surface area contributed by atoms with Crippen molar-refractivity contribution in [1.29, 1.82) is 0 Å². The van der Waals surface area contributed by atoms with Crippen LogP contribution in [0, 0.1) is 0 Å². The number of tetrazole rings is 1. The number of hydrogen-bond donors (Lipinski definition) is 0. The SMILES string of the molecule is CCC[C@H](c1nnnn1Cc1ccc(OC)cc1)N1CCN(c2ccccc2OC)CC1. The first kappa shape index (κ1) is 22.1. The molecule has 4 rings (SSSR count). The molecule has 1 atom stereocenters. The highest BCUT2D eigenvalue weighted by atomic mass is 16.5. The van der Waals surface area contributed by atoms with E-state index in [9.17, 15) is 0 Å². The third-order valence-corrected chi connectivity index (χ3v) is 6.09. The summed E-state index contributed by atoms with van der Waals surface area (Å²) in [5.41, 5.74) is 2.31. The van der Waals surface area contributed by atoms with Crippen molar-refractivity contribution in [2.45, 2.75) is 32.4 Å². The number of hydrogen-bond acceptors (Lipinski definition) is 7. The van der Waals surface area contributed by atoms with Gasteiger partial charge in [-0.1, -0.05) is 37.6 Å². The number of piperazine rings is 1. The molecule has 1 aliphatic rings. The molecule has 0 N–H and O–H groups in total. The standard InChI is InChI=1S/C24H32N6O2/c1-4-7-22(24-25-26-27-30(24)18-19-10-12-20(31-2)13-11-19)29-16-14-28(15-17-29)21-8-5-6-9-23(21)32-3/h5-6,8-13,22H,4,7,14-18H2,1-3H3/t22-/m1/s1. The van der Waals surface area contributed by atoms with Crippen molar-refractivity contribution >= 4 is 5.69 Å². The summed E-state index contributed by atoms with van der Waals surface area (Å²) in [6.45, 7) is 6.67. The Morgan fingerprint density at radius 3 is 2.38 bits per heavy atom. The molecule has 0 amide bonds. The third kappa shape index (κ3) is 4.85. The van der Waals surface area contributed by atoms with Crippen molar-refractivity contribution in [3.05, 3.63) is 59.9 Å². The maximum atomic E-state index is 5.56. The van der Waals surface area contributed by atoms with Gasteiger partial charge in [0, 0.05) is 26.2 Å². The Morgan fingerprint density at radius 2 is 1.69 bits per heavy atom. The Kier molecular flexibility index (Phi) is 7.21. The number of para-hydroxylation sites is 2. The fourth-order valence-corrected chi connectivity index (χ4v) is 4.38. The molecule has 1 aliphatic heterocycles. The van der Waals surface area contributed by atoms with Gasteiger partial charge in [-0.05, 0) is 46.7 Å². The Morgan fingerprint density at radius 1 is 0.938 bits per heavy atom. The van der Waals surface area contributed by atoms with E-state index in [2.05, 4.69) is 56.5 Å². The van der Waals surface area contributed by atoms with Crippen LogP contribution in [-0.2, 0) is 6.54 Å². The predicted molar refractivity (Wildman–Crippen MR) is 124 cm³/mol. The first-order valence-corrected chi connectivity index (χ1v) is 11.2. The van der Waals surface area contributed by atoms with Crippen LogP contribution in [0.4, 0.5) is 5.69 Å². The Balaban J connectivity index is 1.47. The van der Waals surface area contributed by atoms with E-state index in [0.29, 0.717) is 6.54 Å². The second-order valence-electron chi connectivity index (χ2n) is 8.04. The van der Waals surface area contributed by atoms with Crippen LogP contribution in [0.1, 0.15) is 37.2 Å². The zero-order valence-electron chi connectivity index (χ0n) is 19.1. The molecule has 32 heavy (non-hydrogen) atoms. The number of methoxy groups -OCH3 is 2. The van der Waals surface area contributed by atoms with E-state index < -0.39 is 0 Å². The van der Waals surface area contributed by atoms with Crippen molar-refractivity contribution in [3.8, 4) is 11.5 Å². The minimum Gasteiger partial charge on any atom is -0.497 e. The molecule has 0 radical (unpaired) electrons. The molecule has 0 unspecified atom stereocenters. The molecule has 8 nitrogen and oxygen atoms in total. The number of nitrogens with zero attached hydrogens (tertiary/aromatic N) is 6. The van der Waals surface area contributed by atoms with Crippen molar-refractivity contribution < 1.29 is 9.47 Å². The molecule has 1 fully saturated rings. The highest BCUT2D eigenvalue weighted by Crippen LogP contribution is 2.31. The number of rotatable bonds is 9. The lowest BCUT2D eigenvalue weighted by atomic mass is 10.1. The summed E-state index contributed by atoms with van der Waals surface area (Å²) in [5.74, 6) is 2.71. The molecule has 0 bridgehead atoms. The summed E-state index contributed by atoms with van der Waals surface area (Å²) in [4.78, 5) is 4.92. The van der Waals surface area contributed by atoms with E-state index in [0.717, 1.165) is 67.6 Å². The topological polar surface area (TPSA) is 68.5 Å². The lowest BCUT2D eigenvalue weighted by Gasteiger charge is -2.40. The summed E-state index contributed by atoms with van der Waals surface area (Å²) in [7, 11) is 3.41. The quantitative estimate of drug-likeness (QED) is 0.509. The monoisotopic (exact) mass is 436 g/mol. The number of ether oxygens (including phenoxy) is 2. The second kappa shape index (κ2) is 10.5. The van der Waals surface area contributed by atoms with E-state index in [-0.39, 0.29) is 6.04 Å². The lowest BCUT2D eigenvalue weighted by molar-refractivity contribution is 0.164. The molecular formula is C24H32N6O2. The molecule has 8 heteroatoms. The van der Waals surface area contributed by atoms with E-state index in [4.69, 9.17) is 9.47 Å². The molecule has 0 aliphatic carbocycles. The van der Waals surface area contributed by atoms with E-state index >= 15 is 0 Å². The van der Waals surface area contributed by atoms with Crippen molar-refractivity contribution in [3.63, 3.8) is 0 Å². The van der Waals surface area contributed by atoms with Crippen LogP contribution in [-0.4, -0.2) is 65.5 Å². The largest absolute Gasteiger partial charge is 0.497 e. The van der Waals surface area contributed by atoms with Crippen LogP contribution in [0.15, 0.2) is 48.5 Å². The van der Waals surface area contributed by atoms with Gasteiger partial charge in [-0.2, -0.15) is 0 Å². The Labute approximate surface area is 189 Å². The normalized spacial score (nSPS) is 15.5. The zero-order chi connectivity index (χ0) is 22.3. The maximum Gasteiger partial charge on any atom is 0.168 e. The molecular weight excluding hydrogens is 404 g/mol. The van der Waals surface area contributed by atoms with Crippen molar-refractivity contribution in [1.82, 2.24) is 25.1 Å². The smallest absolute Gasteiger partial charge is 0.168 e. The summed E-state index contributed by atoms with van der Waals surface area (Å²) < 4.78 is 12.8. The van der Waals surface area contributed by atoms with Crippen LogP contribution in [0.3, 0.4) is 0 Å². The van der Waals surface area contributed by atoms with Gasteiger partial charge in [0.15, 0.2) is 5.82 Å². The van der Waals surface area contributed by atoms with Crippen LogP contribution in [0.2, 0.25) is 0 Å². The van der Waals surface area contributed by atoms with E-state index in [1.807, 2.05) is 28.9 Å². The van der Waals surface area contributed by atoms with Gasteiger partial charge in [-0.15, -0.1) is 5.10 Å². The number of anilines is 1. The minimum absolute atomic E-state index is 0.202. The van der Waals surface area contributed by atoms with Gasteiger partial charge < -0.3 is 14.4 Å². The van der Waals surface area contributed by atoms with E-state index in [1.165, 1.54) is 0 Å². The highest BCUT2D eigenvalue weighted by Gasteiger charge is 2.29. The van der Waals surface area contributed by atoms with Crippen molar-refractivity contribution in [2.75, 3.05) is 45.3 Å². The summed E-state index contributed by atoms with van der Waals surface area (Å²) in [6.07, 6.45) is 2.10. The molecule has 170 valence electrons. The van der Waals surface area contributed by atoms with Crippen LogP contribution in [0.25, 0.3) is 0 Å². The van der Waals surface area contributed by atoms with Gasteiger partial charge in [-0.3, -0.25) is 4.90 Å². The van der Waals surface area contributed by atoms with Crippen LogP contribution >= 0.6 is 0 Å². The van der Waals surface area contributed by atoms with Crippen molar-refractivity contribution in [2.24, 2.45) is 0 Å². The second-order valence-corrected chi connectivity index (χ2v) is 8.04. The summed E-state index contributed by atoms with van der Waals surface area (Å²) in [5, 5.41) is 12.8. The Hall–Kier alpha value is -3.13. The van der Waals surface area contributed by atoms with Gasteiger partial charge in [0.25, 0.3) is 0 Å². The molecule has 1 saturated heterocycles. The van der Waals surface area contributed by atoms with E-state index in [1.54, 1.807) is 14.2 Å².